The van der Waals surface area contributed by atoms with E-state index in [9.17, 15) is 0 Å². The topological polar surface area (TPSA) is 38.9 Å². The molecule has 2 aromatic rings. The van der Waals surface area contributed by atoms with Crippen molar-refractivity contribution in [2.45, 2.75) is 32.2 Å². The molecule has 2 N–H and O–H groups in total. The number of pyridine rings is 1. The normalized spacial score (nSPS) is 12.9. The van der Waals surface area contributed by atoms with Gasteiger partial charge in [-0.1, -0.05) is 19.1 Å². The van der Waals surface area contributed by atoms with Crippen molar-refractivity contribution < 1.29 is 0 Å². The van der Waals surface area contributed by atoms with Crippen molar-refractivity contribution in [3.05, 3.63) is 42.1 Å². The number of nitrogens with two attached hydrogens (primary N) is 1. The molecule has 0 aliphatic heterocycles. The van der Waals surface area contributed by atoms with Gasteiger partial charge in [-0.15, -0.1) is 0 Å². The summed E-state index contributed by atoms with van der Waals surface area (Å²) in [6.07, 6.45) is 4.99. The van der Waals surface area contributed by atoms with Crippen LogP contribution in [0.15, 0.2) is 36.5 Å². The van der Waals surface area contributed by atoms with Crippen LogP contribution in [-0.4, -0.2) is 11.0 Å². The van der Waals surface area contributed by atoms with Crippen molar-refractivity contribution in [2.24, 2.45) is 5.73 Å². The summed E-state index contributed by atoms with van der Waals surface area (Å²) in [4.78, 5) is 4.31. The van der Waals surface area contributed by atoms with Crippen molar-refractivity contribution in [3.8, 4) is 0 Å². The van der Waals surface area contributed by atoms with Crippen LogP contribution in [0.1, 0.15) is 25.3 Å². The second kappa shape index (κ2) is 5.08. The molecule has 0 spiro atoms. The average Bonchev–Trinajstić information content (AvgIpc) is 2.35. The van der Waals surface area contributed by atoms with Crippen molar-refractivity contribution in [2.75, 3.05) is 0 Å². The van der Waals surface area contributed by atoms with E-state index in [0.29, 0.717) is 6.04 Å². The van der Waals surface area contributed by atoms with E-state index >= 15 is 0 Å². The van der Waals surface area contributed by atoms with Crippen LogP contribution in [0.25, 0.3) is 10.9 Å². The van der Waals surface area contributed by atoms with Crippen LogP contribution in [0.4, 0.5) is 0 Å². The Morgan fingerprint density at radius 3 is 3.00 bits per heavy atom. The predicted molar refractivity (Wildman–Crippen MR) is 68.3 cm³/mol. The van der Waals surface area contributed by atoms with Gasteiger partial charge in [-0.05, 0) is 43.0 Å². The van der Waals surface area contributed by atoms with Gasteiger partial charge >= 0.3 is 0 Å². The summed E-state index contributed by atoms with van der Waals surface area (Å²) in [6, 6.07) is 10.9. The van der Waals surface area contributed by atoms with Crippen LogP contribution >= 0.6 is 0 Å². The molecule has 16 heavy (non-hydrogen) atoms. The van der Waals surface area contributed by atoms with Crippen LogP contribution in [0, 0.1) is 0 Å². The molecule has 2 rings (SSSR count). The van der Waals surface area contributed by atoms with E-state index in [1.165, 1.54) is 10.9 Å². The molecular formula is C14H18N2. The summed E-state index contributed by atoms with van der Waals surface area (Å²) in [6.45, 7) is 2.13. The number of hydrogen-bond acceptors (Lipinski definition) is 2. The largest absolute Gasteiger partial charge is 0.328 e. The molecule has 2 nitrogen and oxygen atoms in total. The first-order chi connectivity index (χ1) is 7.79. The molecule has 0 saturated carbocycles. The predicted octanol–water partition coefficient (Wildman–Crippen LogP) is 2.90. The third-order valence-corrected chi connectivity index (χ3v) is 3.00. The molecule has 0 aliphatic rings. The maximum atomic E-state index is 5.92. The summed E-state index contributed by atoms with van der Waals surface area (Å²) in [5, 5.41) is 1.21. The minimum atomic E-state index is 0.324. The third kappa shape index (κ3) is 2.58. The fourth-order valence-electron chi connectivity index (χ4n) is 1.84. The Labute approximate surface area is 96.5 Å². The first kappa shape index (κ1) is 11.1. The maximum Gasteiger partial charge on any atom is 0.0702 e. The molecule has 84 valence electrons. The summed E-state index contributed by atoms with van der Waals surface area (Å²) >= 11 is 0. The maximum absolute atomic E-state index is 5.92. The van der Waals surface area contributed by atoms with Crippen molar-refractivity contribution in [1.29, 1.82) is 0 Å². The Kier molecular flexibility index (Phi) is 3.52. The number of hydrogen-bond donors (Lipinski definition) is 1. The van der Waals surface area contributed by atoms with Crippen LogP contribution in [0.2, 0.25) is 0 Å². The van der Waals surface area contributed by atoms with Crippen molar-refractivity contribution in [3.63, 3.8) is 0 Å². The Bertz CT molecular complexity index is 465. The van der Waals surface area contributed by atoms with Gasteiger partial charge in [-0.25, -0.2) is 0 Å². The third-order valence-electron chi connectivity index (χ3n) is 3.00. The summed E-state index contributed by atoms with van der Waals surface area (Å²) in [7, 11) is 0. The fourth-order valence-corrected chi connectivity index (χ4v) is 1.84. The van der Waals surface area contributed by atoms with E-state index < -0.39 is 0 Å². The van der Waals surface area contributed by atoms with Crippen LogP contribution < -0.4 is 5.73 Å². The molecule has 1 heterocycles. The van der Waals surface area contributed by atoms with E-state index in [1.807, 2.05) is 12.3 Å². The fraction of sp³-hybridized carbons (Fsp3) is 0.357. The highest BCUT2D eigenvalue weighted by Crippen LogP contribution is 2.15. The molecule has 0 saturated heterocycles. The van der Waals surface area contributed by atoms with E-state index in [2.05, 4.69) is 36.2 Å². The van der Waals surface area contributed by atoms with Gasteiger partial charge in [-0.2, -0.15) is 0 Å². The highest BCUT2D eigenvalue weighted by Gasteiger charge is 2.01. The lowest BCUT2D eigenvalue weighted by atomic mass is 10.0. The summed E-state index contributed by atoms with van der Waals surface area (Å²) in [5.41, 5.74) is 8.33. The van der Waals surface area contributed by atoms with E-state index in [0.717, 1.165) is 24.8 Å². The van der Waals surface area contributed by atoms with Gasteiger partial charge < -0.3 is 5.73 Å². The van der Waals surface area contributed by atoms with Gasteiger partial charge in [-0.3, -0.25) is 4.98 Å². The highest BCUT2D eigenvalue weighted by atomic mass is 14.6. The molecule has 2 heteroatoms. The number of nitrogens with zero attached hydrogens (tertiary/aromatic N) is 1. The Balaban J connectivity index is 2.13. The smallest absolute Gasteiger partial charge is 0.0702 e. The molecular weight excluding hydrogens is 196 g/mol. The standard InChI is InChI=1S/C14H18N2/c1-2-13(15)7-5-11-6-8-14-12(10-11)4-3-9-16-14/h3-4,6,8-10,13H,2,5,7,15H2,1H3. The number of aromatic nitrogens is 1. The van der Waals surface area contributed by atoms with Crippen LogP contribution in [-0.2, 0) is 6.42 Å². The minimum Gasteiger partial charge on any atom is -0.328 e. The lowest BCUT2D eigenvalue weighted by Gasteiger charge is -2.08. The van der Waals surface area contributed by atoms with Gasteiger partial charge in [0.15, 0.2) is 0 Å². The second-order valence-corrected chi connectivity index (χ2v) is 4.24. The summed E-state index contributed by atoms with van der Waals surface area (Å²) < 4.78 is 0. The first-order valence-corrected chi connectivity index (χ1v) is 5.89. The van der Waals surface area contributed by atoms with E-state index in [1.54, 1.807) is 0 Å². The average molecular weight is 214 g/mol. The number of fused-ring (bicyclic) bond motifs is 1. The quantitative estimate of drug-likeness (QED) is 0.850. The lowest BCUT2D eigenvalue weighted by Crippen LogP contribution is -2.19. The highest BCUT2D eigenvalue weighted by molar-refractivity contribution is 5.78. The van der Waals surface area contributed by atoms with Crippen LogP contribution in [0.5, 0.6) is 0 Å². The zero-order valence-electron chi connectivity index (χ0n) is 9.69. The molecule has 0 fully saturated rings. The molecule has 1 atom stereocenters. The Morgan fingerprint density at radius 2 is 2.19 bits per heavy atom. The summed E-state index contributed by atoms with van der Waals surface area (Å²) in [5.74, 6) is 0. The monoisotopic (exact) mass is 214 g/mol. The number of rotatable bonds is 4. The molecule has 1 aromatic heterocycles. The molecule has 1 aromatic carbocycles. The minimum absolute atomic E-state index is 0.324. The SMILES string of the molecule is CCC(N)CCc1ccc2ncccc2c1. The molecule has 0 amide bonds. The molecule has 0 radical (unpaired) electrons. The lowest BCUT2D eigenvalue weighted by molar-refractivity contribution is 0.596. The Morgan fingerprint density at radius 1 is 1.31 bits per heavy atom. The molecule has 0 aliphatic carbocycles. The van der Waals surface area contributed by atoms with Gasteiger partial charge in [0.2, 0.25) is 0 Å². The first-order valence-electron chi connectivity index (χ1n) is 5.89. The van der Waals surface area contributed by atoms with Gasteiger partial charge in [0.05, 0.1) is 5.52 Å². The number of benzene rings is 1. The van der Waals surface area contributed by atoms with E-state index in [4.69, 9.17) is 5.73 Å². The zero-order valence-corrected chi connectivity index (χ0v) is 9.69. The molecule has 0 bridgehead atoms. The van der Waals surface area contributed by atoms with Gasteiger partial charge in [0.1, 0.15) is 0 Å². The Hall–Kier alpha value is -1.41. The van der Waals surface area contributed by atoms with Crippen molar-refractivity contribution in [1.82, 2.24) is 4.98 Å². The van der Waals surface area contributed by atoms with Crippen molar-refractivity contribution >= 4 is 10.9 Å². The second-order valence-electron chi connectivity index (χ2n) is 4.24. The van der Waals surface area contributed by atoms with E-state index in [-0.39, 0.29) is 0 Å². The molecule has 1 unspecified atom stereocenters. The van der Waals surface area contributed by atoms with Gasteiger partial charge in [0, 0.05) is 17.6 Å². The van der Waals surface area contributed by atoms with Gasteiger partial charge in [0.25, 0.3) is 0 Å². The van der Waals surface area contributed by atoms with Crippen LogP contribution in [0.3, 0.4) is 0 Å². The zero-order chi connectivity index (χ0) is 11.4. The number of aryl methyl sites for hydroxylation is 1.